The average Bonchev–Trinajstić information content (AvgIpc) is 2.97. The van der Waals surface area contributed by atoms with Crippen molar-refractivity contribution in [2.75, 3.05) is 11.6 Å². The number of rotatable bonds is 4. The first-order chi connectivity index (χ1) is 12.3. The van der Waals surface area contributed by atoms with E-state index in [2.05, 4.69) is 10.3 Å². The molecule has 0 radical (unpaired) electrons. The zero-order valence-corrected chi connectivity index (χ0v) is 15.0. The third kappa shape index (κ3) is 4.13. The molecule has 2 heterocycles. The van der Waals surface area contributed by atoms with E-state index in [0.717, 1.165) is 17.2 Å². The van der Waals surface area contributed by atoms with Crippen LogP contribution in [-0.4, -0.2) is 21.5 Å². The Bertz CT molecular complexity index is 972. The molecule has 0 saturated heterocycles. The maximum atomic E-state index is 12.9. The van der Waals surface area contributed by atoms with Gasteiger partial charge in [-0.05, 0) is 30.5 Å². The Morgan fingerprint density at radius 2 is 2.08 bits per heavy atom. The lowest BCUT2D eigenvalue weighted by Crippen LogP contribution is -2.14. The number of benzene rings is 1. The number of carbonyl (C=O) groups excluding carboxylic acids is 1. The molecule has 3 aromatic rings. The molecule has 9 heteroatoms. The molecular weight excluding hydrogens is 387 g/mol. The summed E-state index contributed by atoms with van der Waals surface area (Å²) in [5.41, 5.74) is 0.261. The van der Waals surface area contributed by atoms with Crippen LogP contribution in [0.15, 0.2) is 47.6 Å². The molecule has 0 aliphatic rings. The number of halogens is 4. The molecule has 0 fully saturated rings. The van der Waals surface area contributed by atoms with Crippen molar-refractivity contribution in [1.82, 2.24) is 9.38 Å². The van der Waals surface area contributed by atoms with E-state index in [1.54, 1.807) is 17.8 Å². The number of nitrogens with one attached hydrogen (secondary N) is 1. The van der Waals surface area contributed by atoms with Crippen molar-refractivity contribution in [1.29, 1.82) is 0 Å². The second kappa shape index (κ2) is 7.20. The number of hydrogen-bond donors (Lipinski definition) is 1. The van der Waals surface area contributed by atoms with Crippen LogP contribution in [0.4, 0.5) is 18.9 Å². The largest absolute Gasteiger partial charge is 0.417 e. The number of pyridine rings is 1. The number of amides is 1. The van der Waals surface area contributed by atoms with Gasteiger partial charge in [0.1, 0.15) is 0 Å². The van der Waals surface area contributed by atoms with Gasteiger partial charge in [-0.1, -0.05) is 17.7 Å². The summed E-state index contributed by atoms with van der Waals surface area (Å²) < 4.78 is 39.8. The van der Waals surface area contributed by atoms with E-state index in [1.807, 2.05) is 24.5 Å². The Morgan fingerprint density at radius 1 is 1.31 bits per heavy atom. The number of thioether (sulfide) groups is 1. The topological polar surface area (TPSA) is 46.4 Å². The van der Waals surface area contributed by atoms with E-state index >= 15 is 0 Å². The van der Waals surface area contributed by atoms with Gasteiger partial charge in [-0.15, -0.1) is 11.8 Å². The molecule has 2 aromatic heterocycles. The van der Waals surface area contributed by atoms with E-state index in [1.165, 1.54) is 10.6 Å². The standard InChI is InChI=1S/C17H13ClF3N3OS/c1-26-13-4-2-3-11(6-13)22-15(25)7-12-9-24-8-10(17(19,20)21)5-14(18)16(24)23-12/h2-6,8-9H,7H2,1H3,(H,22,25). The van der Waals surface area contributed by atoms with Gasteiger partial charge in [-0.2, -0.15) is 13.2 Å². The van der Waals surface area contributed by atoms with Crippen LogP contribution >= 0.6 is 23.4 Å². The lowest BCUT2D eigenvalue weighted by molar-refractivity contribution is -0.137. The van der Waals surface area contributed by atoms with Crippen LogP contribution in [0.25, 0.3) is 5.65 Å². The van der Waals surface area contributed by atoms with Crippen molar-refractivity contribution in [2.24, 2.45) is 0 Å². The number of carbonyl (C=O) groups is 1. The number of hydrogen-bond acceptors (Lipinski definition) is 3. The van der Waals surface area contributed by atoms with Gasteiger partial charge < -0.3 is 9.72 Å². The van der Waals surface area contributed by atoms with Crippen molar-refractivity contribution in [2.45, 2.75) is 17.5 Å². The van der Waals surface area contributed by atoms with Crippen molar-refractivity contribution in [3.05, 3.63) is 59.0 Å². The Hall–Kier alpha value is -2.19. The molecule has 0 unspecified atom stereocenters. The second-order valence-corrected chi connectivity index (χ2v) is 6.78. The summed E-state index contributed by atoms with van der Waals surface area (Å²) in [4.78, 5) is 17.3. The predicted octanol–water partition coefficient (Wildman–Crippen LogP) is 4.91. The number of nitrogens with zero attached hydrogens (tertiary/aromatic N) is 2. The molecule has 0 atom stereocenters. The Balaban J connectivity index is 1.80. The Kier molecular flexibility index (Phi) is 5.15. The predicted molar refractivity (Wildman–Crippen MR) is 95.8 cm³/mol. The van der Waals surface area contributed by atoms with Crippen LogP contribution in [0.1, 0.15) is 11.3 Å². The fourth-order valence-electron chi connectivity index (χ4n) is 2.42. The Morgan fingerprint density at radius 3 is 2.77 bits per heavy atom. The highest BCUT2D eigenvalue weighted by atomic mass is 35.5. The lowest BCUT2D eigenvalue weighted by atomic mass is 10.3. The van der Waals surface area contributed by atoms with Gasteiger partial charge in [0.15, 0.2) is 5.65 Å². The zero-order chi connectivity index (χ0) is 18.9. The summed E-state index contributed by atoms with van der Waals surface area (Å²) in [6, 6.07) is 8.15. The molecule has 0 bridgehead atoms. The van der Waals surface area contributed by atoms with Crippen LogP contribution < -0.4 is 5.32 Å². The van der Waals surface area contributed by atoms with E-state index < -0.39 is 11.7 Å². The maximum absolute atomic E-state index is 12.9. The summed E-state index contributed by atoms with van der Waals surface area (Å²) in [7, 11) is 0. The lowest BCUT2D eigenvalue weighted by Gasteiger charge is -2.07. The van der Waals surface area contributed by atoms with Crippen molar-refractivity contribution in [3.63, 3.8) is 0 Å². The summed E-state index contributed by atoms with van der Waals surface area (Å²) in [6.45, 7) is 0. The molecule has 0 spiro atoms. The van der Waals surface area contributed by atoms with Gasteiger partial charge in [0.2, 0.25) is 5.91 Å². The molecular formula is C17H13ClF3N3OS. The quantitative estimate of drug-likeness (QED) is 0.634. The summed E-state index contributed by atoms with van der Waals surface area (Å²) in [6.07, 6.45) is -0.396. The summed E-state index contributed by atoms with van der Waals surface area (Å²) >= 11 is 7.44. The van der Waals surface area contributed by atoms with Crippen LogP contribution in [0.2, 0.25) is 5.02 Å². The summed E-state index contributed by atoms with van der Waals surface area (Å²) in [5.74, 6) is -0.321. The van der Waals surface area contributed by atoms with E-state index in [4.69, 9.17) is 11.6 Å². The Labute approximate surface area is 156 Å². The second-order valence-electron chi connectivity index (χ2n) is 5.49. The van der Waals surface area contributed by atoms with E-state index in [-0.39, 0.29) is 23.0 Å². The van der Waals surface area contributed by atoms with Gasteiger partial charge in [-0.25, -0.2) is 4.98 Å². The normalized spacial score (nSPS) is 11.7. The average molecular weight is 400 g/mol. The smallest absolute Gasteiger partial charge is 0.326 e. The van der Waals surface area contributed by atoms with Crippen LogP contribution in [0.3, 0.4) is 0 Å². The van der Waals surface area contributed by atoms with Gasteiger partial charge in [0.05, 0.1) is 22.7 Å². The van der Waals surface area contributed by atoms with Crippen LogP contribution in [0.5, 0.6) is 0 Å². The number of fused-ring (bicyclic) bond motifs is 1. The number of imidazole rings is 1. The highest BCUT2D eigenvalue weighted by molar-refractivity contribution is 7.98. The SMILES string of the molecule is CSc1cccc(NC(=O)Cc2cn3cc(C(F)(F)F)cc(Cl)c3n2)c1. The fourth-order valence-corrected chi connectivity index (χ4v) is 3.14. The third-order valence-corrected chi connectivity index (χ3v) is 4.58. The molecule has 1 N–H and O–H groups in total. The first kappa shape index (κ1) is 18.6. The molecule has 1 aromatic carbocycles. The monoisotopic (exact) mass is 399 g/mol. The first-order valence-electron chi connectivity index (χ1n) is 7.44. The minimum Gasteiger partial charge on any atom is -0.326 e. The number of alkyl halides is 3. The van der Waals surface area contributed by atoms with Crippen molar-refractivity contribution >= 4 is 40.6 Å². The number of anilines is 1. The van der Waals surface area contributed by atoms with Gasteiger partial charge in [-0.3, -0.25) is 4.79 Å². The van der Waals surface area contributed by atoms with Gasteiger partial charge >= 0.3 is 6.18 Å². The van der Waals surface area contributed by atoms with Crippen molar-refractivity contribution in [3.8, 4) is 0 Å². The molecule has 26 heavy (non-hydrogen) atoms. The number of aromatic nitrogens is 2. The first-order valence-corrected chi connectivity index (χ1v) is 9.05. The van der Waals surface area contributed by atoms with Crippen LogP contribution in [0, 0.1) is 0 Å². The molecule has 3 rings (SSSR count). The highest BCUT2D eigenvalue weighted by Gasteiger charge is 2.31. The molecule has 136 valence electrons. The molecule has 1 amide bonds. The molecule has 0 aliphatic heterocycles. The van der Waals surface area contributed by atoms with E-state index in [9.17, 15) is 18.0 Å². The highest BCUT2D eigenvalue weighted by Crippen LogP contribution is 2.32. The van der Waals surface area contributed by atoms with E-state index in [0.29, 0.717) is 11.4 Å². The minimum atomic E-state index is -4.51. The van der Waals surface area contributed by atoms with Crippen LogP contribution in [-0.2, 0) is 17.4 Å². The molecule has 0 saturated carbocycles. The van der Waals surface area contributed by atoms with Crippen molar-refractivity contribution < 1.29 is 18.0 Å². The maximum Gasteiger partial charge on any atom is 0.417 e. The fraction of sp³-hybridized carbons (Fsp3) is 0.176. The van der Waals surface area contributed by atoms with Gasteiger partial charge in [0, 0.05) is 23.0 Å². The zero-order valence-electron chi connectivity index (χ0n) is 13.5. The minimum absolute atomic E-state index is 0.0805. The molecule has 4 nitrogen and oxygen atoms in total. The van der Waals surface area contributed by atoms with Gasteiger partial charge in [0.25, 0.3) is 0 Å². The summed E-state index contributed by atoms with van der Waals surface area (Å²) in [5, 5.41) is 2.62. The molecule has 0 aliphatic carbocycles. The third-order valence-electron chi connectivity index (χ3n) is 3.58.